The van der Waals surface area contributed by atoms with Crippen molar-refractivity contribution in [3.05, 3.63) is 95.3 Å². The quantitative estimate of drug-likeness (QED) is 0.650. The van der Waals surface area contributed by atoms with Crippen LogP contribution in [0.3, 0.4) is 0 Å². The number of nitrogens with one attached hydrogen (secondary N) is 1. The molecule has 4 nitrogen and oxygen atoms in total. The molecule has 0 aliphatic carbocycles. The Hall–Kier alpha value is -2.69. The van der Waals surface area contributed by atoms with E-state index in [1.165, 1.54) is 5.56 Å². The van der Waals surface area contributed by atoms with E-state index in [1.54, 1.807) is 12.4 Å². The van der Waals surface area contributed by atoms with E-state index in [2.05, 4.69) is 41.5 Å². The summed E-state index contributed by atoms with van der Waals surface area (Å²) in [6, 6.07) is 20.0. The Morgan fingerprint density at radius 2 is 1.58 bits per heavy atom. The van der Waals surface area contributed by atoms with Gasteiger partial charge in [0.05, 0.1) is 6.10 Å². The fraction of sp³-hybridized carbons (Fsp3) is 0.227. The lowest BCUT2D eigenvalue weighted by atomic mass is 10.1. The van der Waals surface area contributed by atoms with Gasteiger partial charge in [-0.05, 0) is 47.9 Å². The van der Waals surface area contributed by atoms with Crippen molar-refractivity contribution >= 4 is 0 Å². The predicted octanol–water partition coefficient (Wildman–Crippen LogP) is 3.79. The SMILES string of the molecule is Cc1ccc(COc2ccc(CNCC(O)c3ccncc3)cc2)cc1. The molecule has 1 aromatic heterocycles. The number of hydrogen-bond acceptors (Lipinski definition) is 4. The zero-order chi connectivity index (χ0) is 18.2. The van der Waals surface area contributed by atoms with Gasteiger partial charge < -0.3 is 15.2 Å². The third-order valence-electron chi connectivity index (χ3n) is 4.21. The second kappa shape index (κ2) is 9.13. The van der Waals surface area contributed by atoms with E-state index in [0.29, 0.717) is 19.7 Å². The summed E-state index contributed by atoms with van der Waals surface area (Å²) in [6.45, 7) is 3.83. The summed E-state index contributed by atoms with van der Waals surface area (Å²) in [6.07, 6.45) is 2.84. The number of hydrogen-bond donors (Lipinski definition) is 2. The molecule has 0 saturated heterocycles. The summed E-state index contributed by atoms with van der Waals surface area (Å²) in [5, 5.41) is 13.4. The number of aryl methyl sites for hydroxylation is 1. The molecule has 0 fully saturated rings. The first kappa shape index (κ1) is 18.1. The Morgan fingerprint density at radius 1 is 0.923 bits per heavy atom. The van der Waals surface area contributed by atoms with Gasteiger partial charge in [0, 0.05) is 25.5 Å². The van der Waals surface area contributed by atoms with Crippen molar-refractivity contribution < 1.29 is 9.84 Å². The Kier molecular flexibility index (Phi) is 6.36. The van der Waals surface area contributed by atoms with Gasteiger partial charge >= 0.3 is 0 Å². The average Bonchev–Trinajstić information content (AvgIpc) is 2.69. The maximum atomic E-state index is 10.1. The van der Waals surface area contributed by atoms with Crippen molar-refractivity contribution in [2.45, 2.75) is 26.2 Å². The normalized spacial score (nSPS) is 11.9. The van der Waals surface area contributed by atoms with E-state index in [9.17, 15) is 5.11 Å². The van der Waals surface area contributed by atoms with Gasteiger partial charge in [-0.2, -0.15) is 0 Å². The second-order valence-electron chi connectivity index (χ2n) is 6.35. The van der Waals surface area contributed by atoms with Crippen LogP contribution in [0.1, 0.15) is 28.4 Å². The van der Waals surface area contributed by atoms with E-state index in [-0.39, 0.29) is 0 Å². The van der Waals surface area contributed by atoms with Crippen LogP contribution in [0.2, 0.25) is 0 Å². The summed E-state index contributed by atoms with van der Waals surface area (Å²) in [4.78, 5) is 3.96. The molecule has 3 aromatic rings. The van der Waals surface area contributed by atoms with Crippen molar-refractivity contribution in [1.29, 1.82) is 0 Å². The number of aliphatic hydroxyl groups is 1. The van der Waals surface area contributed by atoms with Gasteiger partial charge in [-0.15, -0.1) is 0 Å². The Labute approximate surface area is 154 Å². The van der Waals surface area contributed by atoms with Crippen molar-refractivity contribution in [2.75, 3.05) is 6.54 Å². The van der Waals surface area contributed by atoms with Crippen LogP contribution in [0, 0.1) is 6.92 Å². The van der Waals surface area contributed by atoms with E-state index in [4.69, 9.17) is 4.74 Å². The van der Waals surface area contributed by atoms with E-state index in [1.807, 2.05) is 36.4 Å². The molecular formula is C22H24N2O2. The van der Waals surface area contributed by atoms with Gasteiger partial charge in [0.1, 0.15) is 12.4 Å². The van der Waals surface area contributed by atoms with Crippen LogP contribution >= 0.6 is 0 Å². The summed E-state index contributed by atoms with van der Waals surface area (Å²) >= 11 is 0. The fourth-order valence-corrected chi connectivity index (χ4v) is 2.61. The second-order valence-corrected chi connectivity index (χ2v) is 6.35. The minimum atomic E-state index is -0.532. The molecular weight excluding hydrogens is 324 g/mol. The summed E-state index contributed by atoms with van der Waals surface area (Å²) in [5.74, 6) is 0.853. The standard InChI is InChI=1S/C22H24N2O2/c1-17-2-4-19(5-3-17)16-26-21-8-6-18(7-9-21)14-24-15-22(25)20-10-12-23-13-11-20/h2-13,22,24-25H,14-16H2,1H3. The van der Waals surface area contributed by atoms with Crippen LogP contribution in [-0.2, 0) is 13.2 Å². The molecule has 0 saturated carbocycles. The predicted molar refractivity (Wildman–Crippen MR) is 103 cm³/mol. The smallest absolute Gasteiger partial charge is 0.119 e. The molecule has 1 unspecified atom stereocenters. The zero-order valence-electron chi connectivity index (χ0n) is 14.9. The topological polar surface area (TPSA) is 54.4 Å². The molecule has 3 rings (SSSR count). The highest BCUT2D eigenvalue weighted by Crippen LogP contribution is 2.15. The summed E-state index contributed by atoms with van der Waals surface area (Å²) < 4.78 is 5.82. The van der Waals surface area contributed by atoms with E-state index >= 15 is 0 Å². The Bertz CT molecular complexity index is 787. The minimum Gasteiger partial charge on any atom is -0.489 e. The molecule has 0 amide bonds. The van der Waals surface area contributed by atoms with Crippen LogP contribution in [0.4, 0.5) is 0 Å². The summed E-state index contributed by atoms with van der Waals surface area (Å²) in [5.41, 5.74) is 4.42. The van der Waals surface area contributed by atoms with Crippen molar-refractivity contribution in [3.8, 4) is 5.75 Å². The third-order valence-corrected chi connectivity index (χ3v) is 4.21. The third kappa shape index (κ3) is 5.41. The first-order valence-electron chi connectivity index (χ1n) is 8.77. The number of ether oxygens (including phenoxy) is 1. The molecule has 2 aromatic carbocycles. The molecule has 134 valence electrons. The molecule has 1 atom stereocenters. The van der Waals surface area contributed by atoms with Crippen LogP contribution < -0.4 is 10.1 Å². The van der Waals surface area contributed by atoms with E-state index in [0.717, 1.165) is 22.4 Å². The fourth-order valence-electron chi connectivity index (χ4n) is 2.61. The van der Waals surface area contributed by atoms with Crippen molar-refractivity contribution in [2.24, 2.45) is 0 Å². The van der Waals surface area contributed by atoms with Crippen LogP contribution in [0.25, 0.3) is 0 Å². The largest absolute Gasteiger partial charge is 0.489 e. The minimum absolute atomic E-state index is 0.496. The lowest BCUT2D eigenvalue weighted by Gasteiger charge is -2.12. The number of pyridine rings is 1. The average molecular weight is 348 g/mol. The number of nitrogens with zero attached hydrogens (tertiary/aromatic N) is 1. The molecule has 0 aliphatic rings. The molecule has 26 heavy (non-hydrogen) atoms. The maximum Gasteiger partial charge on any atom is 0.119 e. The van der Waals surface area contributed by atoms with Crippen molar-refractivity contribution in [1.82, 2.24) is 10.3 Å². The van der Waals surface area contributed by atoms with Gasteiger partial charge in [-0.1, -0.05) is 42.0 Å². The van der Waals surface area contributed by atoms with Crippen LogP contribution in [0.15, 0.2) is 73.1 Å². The highest BCUT2D eigenvalue weighted by atomic mass is 16.5. The molecule has 0 spiro atoms. The monoisotopic (exact) mass is 348 g/mol. The molecule has 1 heterocycles. The lowest BCUT2D eigenvalue weighted by Crippen LogP contribution is -2.21. The van der Waals surface area contributed by atoms with Gasteiger partial charge in [0.25, 0.3) is 0 Å². The Balaban J connectivity index is 1.43. The molecule has 0 aliphatic heterocycles. The number of rotatable bonds is 8. The molecule has 2 N–H and O–H groups in total. The van der Waals surface area contributed by atoms with Crippen LogP contribution in [-0.4, -0.2) is 16.6 Å². The number of aliphatic hydroxyl groups excluding tert-OH is 1. The van der Waals surface area contributed by atoms with E-state index < -0.39 is 6.10 Å². The van der Waals surface area contributed by atoms with Gasteiger partial charge in [-0.25, -0.2) is 0 Å². The highest BCUT2D eigenvalue weighted by Gasteiger charge is 2.06. The van der Waals surface area contributed by atoms with Crippen molar-refractivity contribution in [3.63, 3.8) is 0 Å². The first-order chi connectivity index (χ1) is 12.7. The zero-order valence-corrected chi connectivity index (χ0v) is 14.9. The molecule has 0 radical (unpaired) electrons. The first-order valence-corrected chi connectivity index (χ1v) is 8.77. The van der Waals surface area contributed by atoms with Crippen LogP contribution in [0.5, 0.6) is 5.75 Å². The maximum absolute atomic E-state index is 10.1. The van der Waals surface area contributed by atoms with Gasteiger partial charge in [-0.3, -0.25) is 4.98 Å². The molecule has 0 bridgehead atoms. The number of benzene rings is 2. The Morgan fingerprint density at radius 3 is 2.27 bits per heavy atom. The van der Waals surface area contributed by atoms with Gasteiger partial charge in [0.15, 0.2) is 0 Å². The highest BCUT2D eigenvalue weighted by molar-refractivity contribution is 5.28. The number of aromatic nitrogens is 1. The summed E-state index contributed by atoms with van der Waals surface area (Å²) in [7, 11) is 0. The lowest BCUT2D eigenvalue weighted by molar-refractivity contribution is 0.174. The van der Waals surface area contributed by atoms with Gasteiger partial charge in [0.2, 0.25) is 0 Å². The molecule has 4 heteroatoms.